The summed E-state index contributed by atoms with van der Waals surface area (Å²) in [5.41, 5.74) is 2.22. The first-order valence-electron chi connectivity index (χ1n) is 8.97. The molecule has 0 saturated carbocycles. The molecule has 0 N–H and O–H groups in total. The first-order valence-corrected chi connectivity index (χ1v) is 8.97. The van der Waals surface area contributed by atoms with Crippen LogP contribution in [0.4, 0.5) is 0 Å². The van der Waals surface area contributed by atoms with Crippen LogP contribution in [0.15, 0.2) is 16.9 Å². The molecule has 0 bridgehead atoms. The van der Waals surface area contributed by atoms with Crippen LogP contribution in [0.2, 0.25) is 0 Å². The fourth-order valence-corrected chi connectivity index (χ4v) is 3.66. The second kappa shape index (κ2) is 7.49. The number of nitrogens with zero attached hydrogens (tertiary/aromatic N) is 5. The number of hydrogen-bond donors (Lipinski definition) is 0. The second-order valence-electron chi connectivity index (χ2n) is 6.82. The van der Waals surface area contributed by atoms with Gasteiger partial charge in [0.2, 0.25) is 0 Å². The molecule has 0 aliphatic carbocycles. The van der Waals surface area contributed by atoms with Crippen LogP contribution in [-0.2, 0) is 19.6 Å². The molecule has 0 saturated heterocycles. The van der Waals surface area contributed by atoms with Crippen LogP contribution in [0.3, 0.4) is 0 Å². The zero-order valence-corrected chi connectivity index (χ0v) is 15.3. The van der Waals surface area contributed by atoms with Crippen molar-refractivity contribution in [1.82, 2.24) is 24.5 Å². The molecular weight excluding hydrogens is 302 g/mol. The van der Waals surface area contributed by atoms with E-state index in [1.165, 1.54) is 5.56 Å². The predicted molar refractivity (Wildman–Crippen MR) is 93.6 cm³/mol. The van der Waals surface area contributed by atoms with Gasteiger partial charge in [-0.2, -0.15) is 0 Å². The lowest BCUT2D eigenvalue weighted by Gasteiger charge is -2.28. The van der Waals surface area contributed by atoms with E-state index in [0.29, 0.717) is 5.92 Å². The Hall–Kier alpha value is -1.66. The van der Waals surface area contributed by atoms with Gasteiger partial charge in [-0.25, -0.2) is 4.98 Å². The van der Waals surface area contributed by atoms with Gasteiger partial charge in [0.1, 0.15) is 11.6 Å². The highest BCUT2D eigenvalue weighted by atomic mass is 16.5. The second-order valence-corrected chi connectivity index (χ2v) is 6.82. The Bertz CT molecular complexity index is 639. The van der Waals surface area contributed by atoms with Crippen molar-refractivity contribution >= 4 is 0 Å². The van der Waals surface area contributed by atoms with Crippen molar-refractivity contribution in [3.63, 3.8) is 0 Å². The first-order chi connectivity index (χ1) is 11.6. The van der Waals surface area contributed by atoms with Crippen LogP contribution >= 0.6 is 0 Å². The molecule has 1 aliphatic heterocycles. The fraction of sp³-hybridized carbons (Fsp3) is 0.667. The van der Waals surface area contributed by atoms with Crippen LogP contribution in [0.5, 0.6) is 0 Å². The Morgan fingerprint density at radius 3 is 2.71 bits per heavy atom. The Balaban J connectivity index is 1.78. The zero-order chi connectivity index (χ0) is 17.1. The third kappa shape index (κ3) is 3.70. The third-order valence-corrected chi connectivity index (χ3v) is 5.11. The van der Waals surface area contributed by atoms with Gasteiger partial charge in [0.05, 0.1) is 12.2 Å². The summed E-state index contributed by atoms with van der Waals surface area (Å²) in [7, 11) is 0. The highest BCUT2D eigenvalue weighted by Gasteiger charge is 2.25. The topological polar surface area (TPSA) is 50.3 Å². The van der Waals surface area contributed by atoms with Crippen molar-refractivity contribution in [1.29, 1.82) is 0 Å². The van der Waals surface area contributed by atoms with Crippen molar-refractivity contribution < 1.29 is 4.52 Å². The fourth-order valence-electron chi connectivity index (χ4n) is 3.66. The summed E-state index contributed by atoms with van der Waals surface area (Å²) in [6, 6.07) is 0. The Morgan fingerprint density at radius 1 is 1.25 bits per heavy atom. The molecule has 0 spiro atoms. The average molecular weight is 331 g/mol. The molecule has 1 aliphatic rings. The molecule has 0 amide bonds. The molecule has 3 rings (SSSR count). The van der Waals surface area contributed by atoms with Gasteiger partial charge < -0.3 is 14.0 Å². The number of aromatic nitrogens is 3. The van der Waals surface area contributed by atoms with Gasteiger partial charge in [0.15, 0.2) is 0 Å². The summed E-state index contributed by atoms with van der Waals surface area (Å²) in [6.45, 7) is 15.7. The lowest BCUT2D eigenvalue weighted by Crippen LogP contribution is -2.36. The lowest BCUT2D eigenvalue weighted by molar-refractivity contribution is 0.174. The number of rotatable bonds is 6. The monoisotopic (exact) mass is 331 g/mol. The molecule has 0 aromatic carbocycles. The Kier molecular flexibility index (Phi) is 5.36. The average Bonchev–Trinajstić information content (AvgIpc) is 3.08. The van der Waals surface area contributed by atoms with E-state index < -0.39 is 0 Å². The van der Waals surface area contributed by atoms with Gasteiger partial charge in [-0.05, 0) is 26.9 Å². The van der Waals surface area contributed by atoms with E-state index in [2.05, 4.69) is 44.6 Å². The molecule has 24 heavy (non-hydrogen) atoms. The zero-order valence-electron chi connectivity index (χ0n) is 15.3. The van der Waals surface area contributed by atoms with E-state index in [4.69, 9.17) is 4.52 Å². The minimum absolute atomic E-state index is 0.598. The summed E-state index contributed by atoms with van der Waals surface area (Å²) >= 11 is 0. The molecule has 0 fully saturated rings. The minimum atomic E-state index is 0.598. The third-order valence-electron chi connectivity index (χ3n) is 5.11. The molecule has 0 radical (unpaired) electrons. The van der Waals surface area contributed by atoms with E-state index in [1.807, 2.05) is 20.0 Å². The van der Waals surface area contributed by atoms with E-state index in [1.54, 1.807) is 0 Å². The van der Waals surface area contributed by atoms with Crippen molar-refractivity contribution in [3.05, 3.63) is 35.2 Å². The smallest absolute Gasteiger partial charge is 0.138 e. The summed E-state index contributed by atoms with van der Waals surface area (Å²) in [6.07, 6.45) is 4.03. The van der Waals surface area contributed by atoms with Gasteiger partial charge in [-0.15, -0.1) is 0 Å². The molecule has 1 atom stereocenters. The van der Waals surface area contributed by atoms with E-state index in [-0.39, 0.29) is 0 Å². The first kappa shape index (κ1) is 17.2. The maximum Gasteiger partial charge on any atom is 0.138 e. The summed E-state index contributed by atoms with van der Waals surface area (Å²) in [5.74, 6) is 2.69. The number of imidazole rings is 1. The minimum Gasteiger partial charge on any atom is -0.361 e. The Labute approximate surface area is 144 Å². The van der Waals surface area contributed by atoms with Gasteiger partial charge >= 0.3 is 0 Å². The molecule has 0 unspecified atom stereocenters. The molecule has 6 nitrogen and oxygen atoms in total. The molecule has 132 valence electrons. The van der Waals surface area contributed by atoms with E-state index >= 15 is 0 Å². The number of aryl methyl sites for hydroxylation is 2. The molecular formula is C18H29N5O. The molecule has 6 heteroatoms. The van der Waals surface area contributed by atoms with Crippen LogP contribution in [0.1, 0.15) is 36.7 Å². The Morgan fingerprint density at radius 2 is 2.04 bits per heavy atom. The number of hydrogen-bond acceptors (Lipinski definition) is 5. The van der Waals surface area contributed by atoms with Gasteiger partial charge in [-0.1, -0.05) is 19.0 Å². The number of fused-ring (bicyclic) bond motifs is 1. The molecule has 3 heterocycles. The lowest BCUT2D eigenvalue weighted by atomic mass is 10.1. The maximum absolute atomic E-state index is 5.34. The van der Waals surface area contributed by atoms with E-state index in [0.717, 1.165) is 63.1 Å². The largest absolute Gasteiger partial charge is 0.361 e. The highest BCUT2D eigenvalue weighted by molar-refractivity contribution is 5.20. The van der Waals surface area contributed by atoms with Crippen molar-refractivity contribution in [3.8, 4) is 0 Å². The summed E-state index contributed by atoms with van der Waals surface area (Å²) in [5, 5.41) is 4.10. The van der Waals surface area contributed by atoms with Crippen LogP contribution < -0.4 is 0 Å². The quantitative estimate of drug-likeness (QED) is 0.814. The molecule has 2 aromatic rings. The van der Waals surface area contributed by atoms with Crippen molar-refractivity contribution in [2.24, 2.45) is 5.92 Å². The van der Waals surface area contributed by atoms with Crippen molar-refractivity contribution in [2.75, 3.05) is 26.2 Å². The van der Waals surface area contributed by atoms with Crippen molar-refractivity contribution in [2.45, 2.75) is 47.3 Å². The molecule has 2 aromatic heterocycles. The summed E-state index contributed by atoms with van der Waals surface area (Å²) < 4.78 is 7.66. The van der Waals surface area contributed by atoms with E-state index in [9.17, 15) is 0 Å². The highest BCUT2D eigenvalue weighted by Crippen LogP contribution is 2.21. The maximum atomic E-state index is 5.34. The summed E-state index contributed by atoms with van der Waals surface area (Å²) in [4.78, 5) is 9.57. The van der Waals surface area contributed by atoms with Crippen LogP contribution in [0.25, 0.3) is 0 Å². The SMILES string of the molecule is CCN(CC)C[C@@H]1CN(Cc2c(C)noc2C)Cc2nccn2C1. The predicted octanol–water partition coefficient (Wildman–Crippen LogP) is 2.46. The van der Waals surface area contributed by atoms with Crippen LogP contribution in [-0.4, -0.2) is 50.7 Å². The van der Waals surface area contributed by atoms with Gasteiger partial charge in [0, 0.05) is 50.1 Å². The standard InChI is InChI=1S/C18H29N5O/c1-5-21(6-2)9-16-10-22(12-17-14(3)20-24-15(17)4)13-18-19-7-8-23(18)11-16/h7-8,16H,5-6,9-13H2,1-4H3/t16-/m1/s1. The van der Waals surface area contributed by atoms with Gasteiger partial charge in [0.25, 0.3) is 0 Å². The van der Waals surface area contributed by atoms with Crippen LogP contribution in [0, 0.1) is 19.8 Å². The van der Waals surface area contributed by atoms with Gasteiger partial charge in [-0.3, -0.25) is 4.90 Å². The normalized spacial score (nSPS) is 18.8.